The second-order valence-electron chi connectivity index (χ2n) is 5.05. The molecule has 0 aliphatic carbocycles. The quantitative estimate of drug-likeness (QED) is 0.744. The molecule has 5 nitrogen and oxygen atoms in total. The van der Waals surface area contributed by atoms with Crippen LogP contribution in [0.15, 0.2) is 0 Å². The fraction of sp³-hybridized carbons (Fsp3) is 0.846. The van der Waals surface area contributed by atoms with Crippen molar-refractivity contribution in [3.8, 4) is 0 Å². The molecule has 104 valence electrons. The minimum atomic E-state index is 0.0464. The van der Waals surface area contributed by atoms with Crippen molar-refractivity contribution < 1.29 is 9.59 Å². The van der Waals surface area contributed by atoms with E-state index in [9.17, 15) is 9.59 Å². The highest BCUT2D eigenvalue weighted by molar-refractivity contribution is 5.80. The van der Waals surface area contributed by atoms with E-state index in [-0.39, 0.29) is 23.7 Å². The van der Waals surface area contributed by atoms with Crippen LogP contribution in [-0.2, 0) is 9.59 Å². The lowest BCUT2D eigenvalue weighted by Gasteiger charge is -2.32. The Kier molecular flexibility index (Phi) is 6.12. The van der Waals surface area contributed by atoms with Crippen LogP contribution in [0.3, 0.4) is 0 Å². The molecule has 2 amide bonds. The van der Waals surface area contributed by atoms with Crippen molar-refractivity contribution in [2.24, 2.45) is 17.6 Å². The van der Waals surface area contributed by atoms with Crippen LogP contribution in [0.4, 0.5) is 0 Å². The number of carbonyl (C=O) groups excluding carboxylic acids is 2. The number of nitrogens with zero attached hydrogens (tertiary/aromatic N) is 1. The number of amides is 2. The lowest BCUT2D eigenvalue weighted by Crippen LogP contribution is -2.44. The fourth-order valence-electron chi connectivity index (χ4n) is 2.43. The molecular weight excluding hydrogens is 230 g/mol. The van der Waals surface area contributed by atoms with Crippen LogP contribution >= 0.6 is 0 Å². The summed E-state index contributed by atoms with van der Waals surface area (Å²) in [5.41, 5.74) is 5.45. The molecule has 0 aromatic carbocycles. The summed E-state index contributed by atoms with van der Waals surface area (Å²) in [4.78, 5) is 25.5. The summed E-state index contributed by atoms with van der Waals surface area (Å²) in [6.07, 6.45) is 3.29. The van der Waals surface area contributed by atoms with Crippen molar-refractivity contribution in [1.82, 2.24) is 10.2 Å². The Balaban J connectivity index is 2.37. The van der Waals surface area contributed by atoms with Gasteiger partial charge in [0.2, 0.25) is 11.8 Å². The number of hydrogen-bond acceptors (Lipinski definition) is 3. The van der Waals surface area contributed by atoms with Gasteiger partial charge in [-0.05, 0) is 32.2 Å². The number of carbonyl (C=O) groups is 2. The van der Waals surface area contributed by atoms with E-state index < -0.39 is 0 Å². The van der Waals surface area contributed by atoms with E-state index in [1.165, 1.54) is 0 Å². The molecule has 1 heterocycles. The molecule has 0 aromatic heterocycles. The van der Waals surface area contributed by atoms with Crippen LogP contribution in [0.2, 0.25) is 0 Å². The molecule has 1 atom stereocenters. The topological polar surface area (TPSA) is 75.4 Å². The third-order valence-corrected chi connectivity index (χ3v) is 3.69. The zero-order valence-electron chi connectivity index (χ0n) is 11.4. The van der Waals surface area contributed by atoms with Gasteiger partial charge in [0.15, 0.2) is 0 Å². The van der Waals surface area contributed by atoms with Gasteiger partial charge >= 0.3 is 0 Å². The number of piperidine rings is 1. The Morgan fingerprint density at radius 2 is 2.00 bits per heavy atom. The maximum absolute atomic E-state index is 12.1. The predicted octanol–water partition coefficient (Wildman–Crippen LogP) is 0.346. The van der Waals surface area contributed by atoms with E-state index in [1.54, 1.807) is 7.05 Å². The first kappa shape index (κ1) is 15.0. The Morgan fingerprint density at radius 1 is 1.39 bits per heavy atom. The van der Waals surface area contributed by atoms with Gasteiger partial charge in [0.25, 0.3) is 0 Å². The summed E-state index contributed by atoms with van der Waals surface area (Å²) in [6, 6.07) is 0. The minimum absolute atomic E-state index is 0.0464. The zero-order chi connectivity index (χ0) is 13.5. The van der Waals surface area contributed by atoms with Crippen molar-refractivity contribution in [3.63, 3.8) is 0 Å². The third kappa shape index (κ3) is 3.98. The van der Waals surface area contributed by atoms with E-state index in [2.05, 4.69) is 5.32 Å². The van der Waals surface area contributed by atoms with Crippen molar-refractivity contribution in [1.29, 1.82) is 0 Å². The van der Waals surface area contributed by atoms with E-state index in [0.717, 1.165) is 25.7 Å². The molecule has 0 bridgehead atoms. The van der Waals surface area contributed by atoms with Gasteiger partial charge in [0.05, 0.1) is 0 Å². The first-order valence-corrected chi connectivity index (χ1v) is 6.80. The second-order valence-corrected chi connectivity index (χ2v) is 5.05. The molecule has 1 fully saturated rings. The van der Waals surface area contributed by atoms with Crippen LogP contribution in [0.1, 0.15) is 32.6 Å². The molecule has 1 aliphatic heterocycles. The van der Waals surface area contributed by atoms with Crippen molar-refractivity contribution >= 4 is 11.8 Å². The number of nitrogens with two attached hydrogens (primary N) is 1. The highest BCUT2D eigenvalue weighted by Crippen LogP contribution is 2.20. The molecule has 0 aromatic rings. The summed E-state index contributed by atoms with van der Waals surface area (Å²) in [6.45, 7) is 3.99. The number of hydrogen-bond donors (Lipinski definition) is 2. The molecule has 1 aliphatic rings. The summed E-state index contributed by atoms with van der Waals surface area (Å²) in [5, 5.41) is 2.67. The maximum atomic E-state index is 12.1. The minimum Gasteiger partial charge on any atom is -0.359 e. The summed E-state index contributed by atoms with van der Waals surface area (Å²) >= 11 is 0. The van der Waals surface area contributed by atoms with E-state index >= 15 is 0 Å². The Morgan fingerprint density at radius 3 is 2.50 bits per heavy atom. The summed E-state index contributed by atoms with van der Waals surface area (Å²) in [7, 11) is 1.66. The molecule has 1 rings (SSSR count). The standard InChI is InChI=1S/C13H25N3O2/c1-10(4-3-7-14)13(18)16-8-5-11(6-9-16)12(17)15-2/h10-11H,3-9,14H2,1-2H3,(H,15,17). The van der Waals surface area contributed by atoms with Gasteiger partial charge in [0.1, 0.15) is 0 Å². The van der Waals surface area contributed by atoms with Crippen molar-refractivity contribution in [2.45, 2.75) is 32.6 Å². The molecule has 18 heavy (non-hydrogen) atoms. The summed E-state index contributed by atoms with van der Waals surface area (Å²) in [5.74, 6) is 0.417. The van der Waals surface area contributed by atoms with E-state index in [1.807, 2.05) is 11.8 Å². The highest BCUT2D eigenvalue weighted by atomic mass is 16.2. The van der Waals surface area contributed by atoms with E-state index in [0.29, 0.717) is 19.6 Å². The monoisotopic (exact) mass is 255 g/mol. The van der Waals surface area contributed by atoms with Gasteiger partial charge < -0.3 is 16.0 Å². The molecule has 3 N–H and O–H groups in total. The van der Waals surface area contributed by atoms with Gasteiger partial charge in [-0.3, -0.25) is 9.59 Å². The molecule has 1 unspecified atom stereocenters. The Bertz CT molecular complexity index is 286. The number of rotatable bonds is 5. The van der Waals surface area contributed by atoms with Crippen LogP contribution < -0.4 is 11.1 Å². The molecular formula is C13H25N3O2. The summed E-state index contributed by atoms with van der Waals surface area (Å²) < 4.78 is 0. The molecule has 0 radical (unpaired) electrons. The lowest BCUT2D eigenvalue weighted by molar-refractivity contribution is -0.138. The maximum Gasteiger partial charge on any atom is 0.225 e. The van der Waals surface area contributed by atoms with Gasteiger partial charge in [-0.2, -0.15) is 0 Å². The zero-order valence-corrected chi connectivity index (χ0v) is 11.4. The largest absolute Gasteiger partial charge is 0.359 e. The predicted molar refractivity (Wildman–Crippen MR) is 70.8 cm³/mol. The smallest absolute Gasteiger partial charge is 0.225 e. The Hall–Kier alpha value is -1.10. The molecule has 1 saturated heterocycles. The van der Waals surface area contributed by atoms with Gasteiger partial charge in [0, 0.05) is 32.0 Å². The SMILES string of the molecule is CNC(=O)C1CCN(C(=O)C(C)CCCN)CC1. The van der Waals surface area contributed by atoms with Crippen LogP contribution in [-0.4, -0.2) is 43.4 Å². The van der Waals surface area contributed by atoms with Crippen LogP contribution in [0.25, 0.3) is 0 Å². The van der Waals surface area contributed by atoms with Crippen LogP contribution in [0, 0.1) is 11.8 Å². The molecule has 0 spiro atoms. The Labute approximate surface area is 109 Å². The normalized spacial score (nSPS) is 18.5. The third-order valence-electron chi connectivity index (χ3n) is 3.69. The van der Waals surface area contributed by atoms with Gasteiger partial charge in [-0.15, -0.1) is 0 Å². The van der Waals surface area contributed by atoms with Crippen LogP contribution in [0.5, 0.6) is 0 Å². The van der Waals surface area contributed by atoms with Crippen molar-refractivity contribution in [2.75, 3.05) is 26.7 Å². The number of likely N-dealkylation sites (tertiary alicyclic amines) is 1. The van der Waals surface area contributed by atoms with Gasteiger partial charge in [-0.25, -0.2) is 0 Å². The fourth-order valence-corrected chi connectivity index (χ4v) is 2.43. The van der Waals surface area contributed by atoms with Crippen molar-refractivity contribution in [3.05, 3.63) is 0 Å². The molecule has 0 saturated carbocycles. The van der Waals surface area contributed by atoms with Gasteiger partial charge in [-0.1, -0.05) is 6.92 Å². The number of nitrogens with one attached hydrogen (secondary N) is 1. The van der Waals surface area contributed by atoms with E-state index in [4.69, 9.17) is 5.73 Å². The highest BCUT2D eigenvalue weighted by Gasteiger charge is 2.28. The molecule has 5 heteroatoms. The second kappa shape index (κ2) is 7.36. The lowest BCUT2D eigenvalue weighted by atomic mass is 9.94. The average molecular weight is 255 g/mol. The first-order valence-electron chi connectivity index (χ1n) is 6.80. The first-order chi connectivity index (χ1) is 8.60. The average Bonchev–Trinajstić information content (AvgIpc) is 2.43.